The quantitative estimate of drug-likeness (QED) is 0.484. The highest BCUT2D eigenvalue weighted by molar-refractivity contribution is 7.89. The first-order valence-electron chi connectivity index (χ1n) is 10.5. The zero-order valence-electron chi connectivity index (χ0n) is 19.2. The van der Waals surface area contributed by atoms with Gasteiger partial charge in [0.1, 0.15) is 22.9 Å². The molecule has 0 amide bonds. The third-order valence-electron chi connectivity index (χ3n) is 5.41. The van der Waals surface area contributed by atoms with Crippen LogP contribution in [0.3, 0.4) is 0 Å². The Morgan fingerprint density at radius 1 is 0.879 bits per heavy atom. The van der Waals surface area contributed by atoms with Gasteiger partial charge in [-0.2, -0.15) is 4.31 Å². The third-order valence-corrected chi connectivity index (χ3v) is 7.59. The van der Waals surface area contributed by atoms with Gasteiger partial charge < -0.3 is 14.6 Å². The summed E-state index contributed by atoms with van der Waals surface area (Å²) in [4.78, 5) is 8.28. The molecule has 0 radical (unpaired) electrons. The predicted octanol–water partition coefficient (Wildman–Crippen LogP) is 3.26. The minimum atomic E-state index is -3.93. The second-order valence-electron chi connectivity index (χ2n) is 7.74. The van der Waals surface area contributed by atoms with Crippen LogP contribution in [0.4, 0.5) is 0 Å². The summed E-state index contributed by atoms with van der Waals surface area (Å²) in [6.07, 6.45) is 1.59. The van der Waals surface area contributed by atoms with E-state index in [4.69, 9.17) is 9.47 Å². The van der Waals surface area contributed by atoms with Gasteiger partial charge in [0.25, 0.3) is 0 Å². The summed E-state index contributed by atoms with van der Waals surface area (Å²) < 4.78 is 39.0. The van der Waals surface area contributed by atoms with Gasteiger partial charge in [-0.15, -0.1) is 0 Å². The Morgan fingerprint density at radius 3 is 1.76 bits per heavy atom. The monoisotopic (exact) mass is 471 g/mol. The Balaban J connectivity index is 1.91. The van der Waals surface area contributed by atoms with Crippen molar-refractivity contribution in [2.75, 3.05) is 14.2 Å². The lowest BCUT2D eigenvalue weighted by atomic mass is 10.2. The first kappa shape index (κ1) is 24.6. The predicted molar refractivity (Wildman–Crippen MR) is 125 cm³/mol. The van der Waals surface area contributed by atoms with Crippen molar-refractivity contribution in [3.05, 3.63) is 83.4 Å². The molecule has 2 atom stereocenters. The van der Waals surface area contributed by atoms with Crippen molar-refractivity contribution >= 4 is 10.0 Å². The molecule has 1 heterocycles. The van der Waals surface area contributed by atoms with E-state index < -0.39 is 21.4 Å². The van der Waals surface area contributed by atoms with Crippen LogP contribution in [-0.4, -0.2) is 47.3 Å². The van der Waals surface area contributed by atoms with Crippen molar-refractivity contribution in [2.24, 2.45) is 0 Å². The van der Waals surface area contributed by atoms with Crippen molar-refractivity contribution in [3.8, 4) is 11.5 Å². The Hall–Kier alpha value is -3.01. The van der Waals surface area contributed by atoms with Crippen molar-refractivity contribution in [1.82, 2.24) is 14.3 Å². The lowest BCUT2D eigenvalue weighted by molar-refractivity contribution is 0.167. The Morgan fingerprint density at radius 2 is 1.36 bits per heavy atom. The molecule has 3 rings (SSSR count). The van der Waals surface area contributed by atoms with Gasteiger partial charge in [-0.1, -0.05) is 24.3 Å². The molecule has 0 saturated heterocycles. The zero-order chi connectivity index (χ0) is 24.0. The number of benzene rings is 2. The van der Waals surface area contributed by atoms with Gasteiger partial charge in [-0.25, -0.2) is 8.42 Å². The lowest BCUT2D eigenvalue weighted by Gasteiger charge is -2.28. The molecule has 0 saturated carbocycles. The van der Waals surface area contributed by atoms with Gasteiger partial charge in [0.05, 0.1) is 31.8 Å². The zero-order valence-corrected chi connectivity index (χ0v) is 20.0. The summed E-state index contributed by atoms with van der Waals surface area (Å²) in [5, 5.41) is 9.66. The van der Waals surface area contributed by atoms with E-state index in [0.29, 0.717) is 17.2 Å². The van der Waals surface area contributed by atoms with Crippen LogP contribution < -0.4 is 9.47 Å². The van der Waals surface area contributed by atoms with E-state index in [-0.39, 0.29) is 18.8 Å². The van der Waals surface area contributed by atoms with E-state index in [1.807, 2.05) is 24.3 Å². The largest absolute Gasteiger partial charge is 0.497 e. The van der Waals surface area contributed by atoms with Gasteiger partial charge in [-0.3, -0.25) is 9.97 Å². The SMILES string of the molecule is COc1ccc(CN(Cc2ccc(OC)cc2)S(=O)(=O)[C@H](C)[C@@H](O)c2cnc(C)cn2)cc1. The van der Waals surface area contributed by atoms with E-state index in [1.165, 1.54) is 23.6 Å². The van der Waals surface area contributed by atoms with Crippen LogP contribution in [0.15, 0.2) is 60.9 Å². The number of aromatic nitrogens is 2. The second kappa shape index (κ2) is 10.7. The summed E-state index contributed by atoms with van der Waals surface area (Å²) in [5.74, 6) is 1.37. The Labute approximate surface area is 194 Å². The number of hydrogen-bond acceptors (Lipinski definition) is 7. The highest BCUT2D eigenvalue weighted by atomic mass is 32.2. The van der Waals surface area contributed by atoms with Crippen molar-refractivity contribution in [1.29, 1.82) is 0 Å². The molecular formula is C24H29N3O5S. The highest BCUT2D eigenvalue weighted by Crippen LogP contribution is 2.26. The minimum absolute atomic E-state index is 0.134. The first-order valence-corrected chi connectivity index (χ1v) is 12.0. The summed E-state index contributed by atoms with van der Waals surface area (Å²) in [6, 6.07) is 14.4. The lowest BCUT2D eigenvalue weighted by Crippen LogP contribution is -2.39. The molecule has 3 aromatic rings. The standard InChI is InChI=1S/C24H29N3O5S/c1-17-13-26-23(14-25-17)24(28)18(2)33(29,30)27(15-19-5-9-21(31-3)10-6-19)16-20-7-11-22(32-4)12-8-20/h5-14,18,24,28H,15-16H2,1-4H3/t18-,24-/m1/s1. The van der Waals surface area contributed by atoms with E-state index in [9.17, 15) is 13.5 Å². The summed E-state index contributed by atoms with van der Waals surface area (Å²) >= 11 is 0. The molecule has 0 aliphatic heterocycles. The van der Waals surface area contributed by atoms with Gasteiger partial charge in [-0.05, 0) is 49.2 Å². The van der Waals surface area contributed by atoms with E-state index in [0.717, 1.165) is 11.1 Å². The van der Waals surface area contributed by atoms with Crippen LogP contribution in [0, 0.1) is 6.92 Å². The first-order chi connectivity index (χ1) is 15.7. The average molecular weight is 472 g/mol. The van der Waals surface area contributed by atoms with Crippen LogP contribution >= 0.6 is 0 Å². The molecule has 0 fully saturated rings. The van der Waals surface area contributed by atoms with Gasteiger partial charge in [0, 0.05) is 19.3 Å². The van der Waals surface area contributed by atoms with Crippen LogP contribution in [0.5, 0.6) is 11.5 Å². The van der Waals surface area contributed by atoms with Crippen molar-refractivity contribution in [2.45, 2.75) is 38.3 Å². The number of ether oxygens (including phenoxy) is 2. The molecule has 2 aromatic carbocycles. The minimum Gasteiger partial charge on any atom is -0.497 e. The molecule has 9 heteroatoms. The molecule has 176 valence electrons. The molecule has 8 nitrogen and oxygen atoms in total. The van der Waals surface area contributed by atoms with Crippen LogP contribution in [0.1, 0.15) is 35.5 Å². The third kappa shape index (κ3) is 6.07. The topological polar surface area (TPSA) is 102 Å². The summed E-state index contributed by atoms with van der Waals surface area (Å²) in [6.45, 7) is 3.52. The number of methoxy groups -OCH3 is 2. The van der Waals surface area contributed by atoms with Crippen LogP contribution in [0.25, 0.3) is 0 Å². The number of rotatable bonds is 10. The molecule has 0 spiro atoms. The fraction of sp³-hybridized carbons (Fsp3) is 0.333. The number of sulfonamides is 1. The Bertz CT molecular complexity index is 1080. The number of aliphatic hydroxyl groups excluding tert-OH is 1. The number of hydrogen-bond donors (Lipinski definition) is 1. The fourth-order valence-corrected chi connectivity index (χ4v) is 4.89. The van der Waals surface area contributed by atoms with Crippen LogP contribution in [-0.2, 0) is 23.1 Å². The smallest absolute Gasteiger partial charge is 0.220 e. The maximum absolute atomic E-state index is 13.6. The van der Waals surface area contributed by atoms with Gasteiger partial charge in [0.15, 0.2) is 0 Å². The second-order valence-corrected chi connectivity index (χ2v) is 10.0. The maximum Gasteiger partial charge on any atom is 0.220 e. The van der Waals surface area contributed by atoms with Crippen LogP contribution in [0.2, 0.25) is 0 Å². The number of nitrogens with zero attached hydrogens (tertiary/aromatic N) is 3. The van der Waals surface area contributed by atoms with E-state index in [2.05, 4.69) is 9.97 Å². The average Bonchev–Trinajstić information content (AvgIpc) is 2.84. The van der Waals surface area contributed by atoms with E-state index in [1.54, 1.807) is 45.4 Å². The van der Waals surface area contributed by atoms with Crippen molar-refractivity contribution < 1.29 is 23.0 Å². The summed E-state index contributed by atoms with van der Waals surface area (Å²) in [7, 11) is -0.782. The molecular weight excluding hydrogens is 442 g/mol. The molecule has 0 unspecified atom stereocenters. The molecule has 1 N–H and O–H groups in total. The fourth-order valence-electron chi connectivity index (χ4n) is 3.30. The normalized spacial score (nSPS) is 13.5. The van der Waals surface area contributed by atoms with Crippen molar-refractivity contribution in [3.63, 3.8) is 0 Å². The number of aryl methyl sites for hydroxylation is 1. The van der Waals surface area contributed by atoms with Gasteiger partial charge in [0.2, 0.25) is 10.0 Å². The molecule has 33 heavy (non-hydrogen) atoms. The van der Waals surface area contributed by atoms with E-state index >= 15 is 0 Å². The molecule has 1 aromatic heterocycles. The summed E-state index contributed by atoms with van der Waals surface area (Å²) in [5.41, 5.74) is 2.49. The van der Waals surface area contributed by atoms with Gasteiger partial charge >= 0.3 is 0 Å². The molecule has 0 bridgehead atoms. The maximum atomic E-state index is 13.6. The molecule has 0 aliphatic carbocycles. The molecule has 0 aliphatic rings. The number of aliphatic hydroxyl groups is 1. The Kier molecular flexibility index (Phi) is 8.01. The highest BCUT2D eigenvalue weighted by Gasteiger charge is 2.35.